The highest BCUT2D eigenvalue weighted by Gasteiger charge is 2.28. The number of ether oxygens (including phenoxy) is 1. The van der Waals surface area contributed by atoms with Crippen LogP contribution >= 0.6 is 0 Å². The van der Waals surface area contributed by atoms with Gasteiger partial charge in [-0.2, -0.15) is 0 Å². The lowest BCUT2D eigenvalue weighted by atomic mass is 10.0. The van der Waals surface area contributed by atoms with E-state index < -0.39 is 12.0 Å². The molecule has 0 heterocycles. The van der Waals surface area contributed by atoms with Gasteiger partial charge in [0.15, 0.2) is 6.04 Å². The second-order valence-electron chi connectivity index (χ2n) is 5.19. The molecule has 1 unspecified atom stereocenters. The van der Waals surface area contributed by atoms with Crippen LogP contribution in [-0.2, 0) is 9.59 Å². The van der Waals surface area contributed by atoms with E-state index >= 15 is 0 Å². The zero-order valence-electron chi connectivity index (χ0n) is 13.0. The van der Waals surface area contributed by atoms with Crippen molar-refractivity contribution in [2.24, 2.45) is 0 Å². The molecular formula is C16H23NO4. The summed E-state index contributed by atoms with van der Waals surface area (Å²) in [5.74, 6) is -0.592. The Hall–Kier alpha value is -2.04. The first-order chi connectivity index (χ1) is 9.86. The van der Waals surface area contributed by atoms with E-state index in [2.05, 4.69) is 0 Å². The summed E-state index contributed by atoms with van der Waals surface area (Å²) >= 11 is 0. The standard InChI is InChI=1S/C16H23NO4/c1-5-10-17(12(4)18)15(16(19)20)13-6-8-14(9-7-13)21-11(2)3/h6-9,11,15H,5,10H2,1-4H3,(H,19,20). The van der Waals surface area contributed by atoms with E-state index in [1.54, 1.807) is 24.3 Å². The number of hydrogen-bond acceptors (Lipinski definition) is 3. The van der Waals surface area contributed by atoms with Crippen LogP contribution in [-0.4, -0.2) is 34.5 Å². The minimum absolute atomic E-state index is 0.0555. The third-order valence-electron chi connectivity index (χ3n) is 2.98. The predicted octanol–water partition coefficient (Wildman–Crippen LogP) is 2.86. The van der Waals surface area contributed by atoms with Crippen LogP contribution in [0.5, 0.6) is 5.75 Å². The maximum absolute atomic E-state index is 11.7. The first kappa shape index (κ1) is 17.0. The highest BCUT2D eigenvalue weighted by Crippen LogP contribution is 2.24. The molecular weight excluding hydrogens is 270 g/mol. The summed E-state index contributed by atoms with van der Waals surface area (Å²) in [6.45, 7) is 7.56. The van der Waals surface area contributed by atoms with E-state index in [1.165, 1.54) is 11.8 Å². The number of carboxylic acid groups (broad SMARTS) is 1. The smallest absolute Gasteiger partial charge is 0.331 e. The lowest BCUT2D eigenvalue weighted by Gasteiger charge is -2.28. The zero-order chi connectivity index (χ0) is 16.0. The van der Waals surface area contributed by atoms with Crippen LogP contribution in [0.4, 0.5) is 0 Å². The lowest BCUT2D eigenvalue weighted by Crippen LogP contribution is -2.38. The van der Waals surface area contributed by atoms with Gasteiger partial charge in [0.05, 0.1) is 6.10 Å². The summed E-state index contributed by atoms with van der Waals surface area (Å²) in [5.41, 5.74) is 0.572. The normalized spacial score (nSPS) is 12.0. The van der Waals surface area contributed by atoms with E-state index in [4.69, 9.17) is 4.74 Å². The van der Waals surface area contributed by atoms with Crippen LogP contribution < -0.4 is 4.74 Å². The van der Waals surface area contributed by atoms with Crippen molar-refractivity contribution < 1.29 is 19.4 Å². The molecule has 0 fully saturated rings. The molecule has 0 saturated carbocycles. The lowest BCUT2D eigenvalue weighted by molar-refractivity contribution is -0.149. The molecule has 5 heteroatoms. The van der Waals surface area contributed by atoms with Crippen LogP contribution in [0.25, 0.3) is 0 Å². The highest BCUT2D eigenvalue weighted by atomic mass is 16.5. The molecule has 116 valence electrons. The largest absolute Gasteiger partial charge is 0.491 e. The Labute approximate surface area is 125 Å². The molecule has 0 bridgehead atoms. The number of aliphatic carboxylic acids is 1. The van der Waals surface area contributed by atoms with Gasteiger partial charge in [-0.25, -0.2) is 4.79 Å². The summed E-state index contributed by atoms with van der Waals surface area (Å²) in [4.78, 5) is 24.6. The third kappa shape index (κ3) is 4.77. The number of hydrogen-bond donors (Lipinski definition) is 1. The maximum Gasteiger partial charge on any atom is 0.331 e. The third-order valence-corrected chi connectivity index (χ3v) is 2.98. The maximum atomic E-state index is 11.7. The van der Waals surface area contributed by atoms with E-state index in [0.29, 0.717) is 24.3 Å². The van der Waals surface area contributed by atoms with Gasteiger partial charge in [0, 0.05) is 13.5 Å². The Kier molecular flexibility index (Phi) is 6.21. The van der Waals surface area contributed by atoms with Crippen molar-refractivity contribution in [1.82, 2.24) is 4.90 Å². The van der Waals surface area contributed by atoms with Gasteiger partial charge in [-0.1, -0.05) is 19.1 Å². The van der Waals surface area contributed by atoms with E-state index in [0.717, 1.165) is 0 Å². The molecule has 1 rings (SSSR count). The monoisotopic (exact) mass is 293 g/mol. The number of carbonyl (C=O) groups is 2. The highest BCUT2D eigenvalue weighted by molar-refractivity contribution is 5.83. The summed E-state index contributed by atoms with van der Waals surface area (Å²) in [6.07, 6.45) is 0.762. The zero-order valence-corrected chi connectivity index (χ0v) is 13.0. The molecule has 0 radical (unpaired) electrons. The number of nitrogens with zero attached hydrogens (tertiary/aromatic N) is 1. The van der Waals surface area contributed by atoms with Gasteiger partial charge >= 0.3 is 5.97 Å². The van der Waals surface area contributed by atoms with Gasteiger partial charge in [-0.15, -0.1) is 0 Å². The molecule has 0 saturated heterocycles. The van der Waals surface area contributed by atoms with Gasteiger partial charge < -0.3 is 14.7 Å². The molecule has 0 aliphatic carbocycles. The quantitative estimate of drug-likeness (QED) is 0.839. The Balaban J connectivity index is 3.05. The van der Waals surface area contributed by atoms with Gasteiger partial charge in [0.25, 0.3) is 0 Å². The Bertz CT molecular complexity index is 482. The van der Waals surface area contributed by atoms with Crippen molar-refractivity contribution in [2.45, 2.75) is 46.3 Å². The summed E-state index contributed by atoms with van der Waals surface area (Å²) in [5, 5.41) is 9.46. The fraction of sp³-hybridized carbons (Fsp3) is 0.500. The minimum atomic E-state index is -1.03. The van der Waals surface area contributed by atoms with Crippen molar-refractivity contribution in [3.63, 3.8) is 0 Å². The number of benzene rings is 1. The van der Waals surface area contributed by atoms with Crippen LogP contribution in [0, 0.1) is 0 Å². The molecule has 1 aromatic carbocycles. The number of carboxylic acids is 1. The van der Waals surface area contributed by atoms with Crippen molar-refractivity contribution >= 4 is 11.9 Å². The summed E-state index contributed by atoms with van der Waals surface area (Å²) in [7, 11) is 0. The van der Waals surface area contributed by atoms with Crippen molar-refractivity contribution in [3.8, 4) is 5.75 Å². The van der Waals surface area contributed by atoms with Crippen LogP contribution in [0.1, 0.15) is 45.7 Å². The second kappa shape index (κ2) is 7.67. The molecule has 0 aliphatic heterocycles. The molecule has 0 aliphatic rings. The average Bonchev–Trinajstić information content (AvgIpc) is 2.39. The first-order valence-electron chi connectivity index (χ1n) is 7.13. The van der Waals surface area contributed by atoms with Crippen LogP contribution in [0.3, 0.4) is 0 Å². The molecule has 1 atom stereocenters. The summed E-state index contributed by atoms with van der Waals surface area (Å²) < 4.78 is 5.54. The van der Waals surface area contributed by atoms with Crippen molar-refractivity contribution in [2.75, 3.05) is 6.54 Å². The molecule has 21 heavy (non-hydrogen) atoms. The van der Waals surface area contributed by atoms with Crippen LogP contribution in [0.2, 0.25) is 0 Å². The number of carbonyl (C=O) groups excluding carboxylic acids is 1. The van der Waals surface area contributed by atoms with E-state index in [9.17, 15) is 14.7 Å². The topological polar surface area (TPSA) is 66.8 Å². The van der Waals surface area contributed by atoms with E-state index in [-0.39, 0.29) is 12.0 Å². The molecule has 1 amide bonds. The number of amides is 1. The van der Waals surface area contributed by atoms with Gasteiger partial charge in [0.1, 0.15) is 5.75 Å². The average molecular weight is 293 g/mol. The fourth-order valence-corrected chi connectivity index (χ4v) is 2.17. The fourth-order valence-electron chi connectivity index (χ4n) is 2.17. The molecule has 0 aromatic heterocycles. The molecule has 1 aromatic rings. The minimum Gasteiger partial charge on any atom is -0.491 e. The van der Waals surface area contributed by atoms with Gasteiger partial charge in [-0.05, 0) is 38.0 Å². The van der Waals surface area contributed by atoms with E-state index in [1.807, 2.05) is 20.8 Å². The Morgan fingerprint density at radius 3 is 2.19 bits per heavy atom. The second-order valence-corrected chi connectivity index (χ2v) is 5.19. The summed E-state index contributed by atoms with van der Waals surface area (Å²) in [6, 6.07) is 5.89. The van der Waals surface area contributed by atoms with Crippen molar-refractivity contribution in [3.05, 3.63) is 29.8 Å². The predicted molar refractivity (Wildman–Crippen MR) is 80.3 cm³/mol. The molecule has 1 N–H and O–H groups in total. The Morgan fingerprint density at radius 1 is 1.24 bits per heavy atom. The molecule has 5 nitrogen and oxygen atoms in total. The Morgan fingerprint density at radius 2 is 1.81 bits per heavy atom. The first-order valence-corrected chi connectivity index (χ1v) is 7.13. The van der Waals surface area contributed by atoms with Crippen molar-refractivity contribution in [1.29, 1.82) is 0 Å². The van der Waals surface area contributed by atoms with Gasteiger partial charge in [-0.3, -0.25) is 4.79 Å². The number of rotatable bonds is 7. The van der Waals surface area contributed by atoms with Crippen LogP contribution in [0.15, 0.2) is 24.3 Å². The SMILES string of the molecule is CCCN(C(C)=O)C(C(=O)O)c1ccc(OC(C)C)cc1. The molecule has 0 spiro atoms. The van der Waals surface area contributed by atoms with Gasteiger partial charge in [0.2, 0.25) is 5.91 Å².